The average Bonchev–Trinajstić information content (AvgIpc) is 3.03. The quantitative estimate of drug-likeness (QED) is 0.552. The highest BCUT2D eigenvalue weighted by Gasteiger charge is 2.18. The number of imidazole rings is 1. The molecule has 2 nitrogen and oxygen atoms in total. The number of hydrogen-bond donors (Lipinski definition) is 0. The first-order valence-electron chi connectivity index (χ1n) is 6.23. The summed E-state index contributed by atoms with van der Waals surface area (Å²) in [5, 5.41) is 0. The summed E-state index contributed by atoms with van der Waals surface area (Å²) in [5.41, 5.74) is 6.71. The number of hydrogen-bond acceptors (Lipinski definition) is 1. The standard InChI is InChI=1S/C18H16N2/c1-5-10-14(7-3)18-19-16-12-9-13-17(16)20(18)15(8-4)11-6-2/h5-8,10-13H,1-4H2/b14-10+,15-11+. The monoisotopic (exact) mass is 260 g/mol. The lowest BCUT2D eigenvalue weighted by atomic mass is 10.2. The summed E-state index contributed by atoms with van der Waals surface area (Å²) in [6.45, 7) is 15.2. The number of aromatic nitrogens is 2. The van der Waals surface area contributed by atoms with E-state index in [4.69, 9.17) is 0 Å². The van der Waals surface area contributed by atoms with E-state index in [0.29, 0.717) is 0 Å². The molecule has 0 saturated heterocycles. The van der Waals surface area contributed by atoms with Gasteiger partial charge in [-0.3, -0.25) is 4.57 Å². The molecule has 20 heavy (non-hydrogen) atoms. The smallest absolute Gasteiger partial charge is 0.145 e. The second-order valence-electron chi connectivity index (χ2n) is 4.09. The van der Waals surface area contributed by atoms with Crippen molar-refractivity contribution in [2.24, 2.45) is 0 Å². The zero-order chi connectivity index (χ0) is 14.5. The molecular formula is C18H16N2. The molecule has 0 amide bonds. The van der Waals surface area contributed by atoms with E-state index in [1.165, 1.54) is 0 Å². The van der Waals surface area contributed by atoms with Crippen molar-refractivity contribution in [1.29, 1.82) is 0 Å². The van der Waals surface area contributed by atoms with Crippen molar-refractivity contribution in [3.05, 3.63) is 85.7 Å². The topological polar surface area (TPSA) is 17.8 Å². The van der Waals surface area contributed by atoms with Crippen molar-refractivity contribution < 1.29 is 0 Å². The van der Waals surface area contributed by atoms with Gasteiger partial charge in [0.15, 0.2) is 0 Å². The predicted molar refractivity (Wildman–Crippen MR) is 87.7 cm³/mol. The van der Waals surface area contributed by atoms with Gasteiger partial charge in [-0.25, -0.2) is 4.98 Å². The van der Waals surface area contributed by atoms with Crippen molar-refractivity contribution >= 4 is 23.4 Å². The first-order valence-corrected chi connectivity index (χ1v) is 6.23. The van der Waals surface area contributed by atoms with Gasteiger partial charge < -0.3 is 0 Å². The first kappa shape index (κ1) is 13.6. The highest BCUT2D eigenvalue weighted by molar-refractivity contribution is 5.81. The molecule has 2 rings (SSSR count). The zero-order valence-electron chi connectivity index (χ0n) is 11.3. The van der Waals surface area contributed by atoms with Crippen molar-refractivity contribution in [2.45, 2.75) is 0 Å². The van der Waals surface area contributed by atoms with E-state index in [9.17, 15) is 0 Å². The van der Waals surface area contributed by atoms with Crippen molar-refractivity contribution in [1.82, 2.24) is 9.55 Å². The molecule has 1 aromatic rings. The molecule has 1 aromatic heterocycles. The van der Waals surface area contributed by atoms with Gasteiger partial charge in [-0.1, -0.05) is 50.6 Å². The Hall–Kier alpha value is -2.83. The van der Waals surface area contributed by atoms with Crippen LogP contribution in [0.25, 0.3) is 23.4 Å². The molecule has 98 valence electrons. The van der Waals surface area contributed by atoms with Crippen LogP contribution in [0.4, 0.5) is 0 Å². The fourth-order valence-corrected chi connectivity index (χ4v) is 2.06. The van der Waals surface area contributed by atoms with Gasteiger partial charge in [0.1, 0.15) is 5.82 Å². The second-order valence-corrected chi connectivity index (χ2v) is 4.09. The summed E-state index contributed by atoms with van der Waals surface area (Å²) in [6.07, 6.45) is 14.5. The van der Waals surface area contributed by atoms with Crippen LogP contribution in [0.3, 0.4) is 0 Å². The molecule has 0 aromatic carbocycles. The van der Waals surface area contributed by atoms with Gasteiger partial charge in [0.2, 0.25) is 0 Å². The zero-order valence-corrected chi connectivity index (χ0v) is 11.3. The van der Waals surface area contributed by atoms with E-state index in [0.717, 1.165) is 28.5 Å². The first-order chi connectivity index (χ1) is 9.76. The Morgan fingerprint density at radius 2 is 1.80 bits per heavy atom. The SMILES string of the molecule is C=C/C=C(\C=C)c1nc2c(n1/C(C=C)=C/C=C)C=C=C2. The van der Waals surface area contributed by atoms with E-state index in [2.05, 4.69) is 37.0 Å². The average molecular weight is 260 g/mol. The summed E-state index contributed by atoms with van der Waals surface area (Å²) in [7, 11) is 0. The van der Waals surface area contributed by atoms with E-state index in [-0.39, 0.29) is 0 Å². The van der Waals surface area contributed by atoms with E-state index in [1.807, 2.05) is 28.9 Å². The summed E-state index contributed by atoms with van der Waals surface area (Å²) in [6, 6.07) is 0. The molecule has 0 saturated carbocycles. The highest BCUT2D eigenvalue weighted by Crippen LogP contribution is 2.28. The van der Waals surface area contributed by atoms with Gasteiger partial charge in [0, 0.05) is 23.4 Å². The number of nitrogens with zero attached hydrogens (tertiary/aromatic N) is 2. The Morgan fingerprint density at radius 1 is 1.05 bits per heavy atom. The van der Waals surface area contributed by atoms with E-state index in [1.54, 1.807) is 24.3 Å². The lowest BCUT2D eigenvalue weighted by Crippen LogP contribution is -2.02. The third-order valence-corrected chi connectivity index (χ3v) is 2.91. The fourth-order valence-electron chi connectivity index (χ4n) is 2.06. The third-order valence-electron chi connectivity index (χ3n) is 2.91. The van der Waals surface area contributed by atoms with Crippen LogP contribution in [-0.4, -0.2) is 9.55 Å². The van der Waals surface area contributed by atoms with E-state index < -0.39 is 0 Å². The third kappa shape index (κ3) is 2.20. The molecule has 0 atom stereocenters. The van der Waals surface area contributed by atoms with Crippen molar-refractivity contribution in [3.8, 4) is 0 Å². The van der Waals surface area contributed by atoms with Crippen molar-refractivity contribution in [3.63, 3.8) is 0 Å². The van der Waals surface area contributed by atoms with Gasteiger partial charge in [-0.15, -0.1) is 5.73 Å². The van der Waals surface area contributed by atoms with Crippen LogP contribution in [-0.2, 0) is 0 Å². The number of rotatable bonds is 6. The van der Waals surface area contributed by atoms with Gasteiger partial charge in [0.05, 0.1) is 11.4 Å². The van der Waals surface area contributed by atoms with Gasteiger partial charge >= 0.3 is 0 Å². The minimum atomic E-state index is 0.798. The largest absolute Gasteiger partial charge is 0.292 e. The molecular weight excluding hydrogens is 244 g/mol. The Balaban J connectivity index is 2.74. The molecule has 0 fully saturated rings. The number of allylic oxidation sites excluding steroid dienone is 8. The molecule has 0 N–H and O–H groups in total. The Labute approximate surface area is 119 Å². The highest BCUT2D eigenvalue weighted by atomic mass is 15.1. The van der Waals surface area contributed by atoms with Crippen LogP contribution in [0.1, 0.15) is 17.2 Å². The summed E-state index contributed by atoms with van der Waals surface area (Å²) in [4.78, 5) is 4.64. The molecule has 1 heterocycles. The van der Waals surface area contributed by atoms with Crippen LogP contribution in [0, 0.1) is 0 Å². The fraction of sp³-hybridized carbons (Fsp3) is 0. The minimum Gasteiger partial charge on any atom is -0.292 e. The molecule has 0 radical (unpaired) electrons. The molecule has 0 spiro atoms. The van der Waals surface area contributed by atoms with Crippen LogP contribution >= 0.6 is 0 Å². The molecule has 0 aliphatic heterocycles. The summed E-state index contributed by atoms with van der Waals surface area (Å²) >= 11 is 0. The van der Waals surface area contributed by atoms with E-state index >= 15 is 0 Å². The second kappa shape index (κ2) is 5.87. The predicted octanol–water partition coefficient (Wildman–Crippen LogP) is 4.49. The van der Waals surface area contributed by atoms with Crippen LogP contribution in [0.2, 0.25) is 0 Å². The van der Waals surface area contributed by atoms with Crippen LogP contribution in [0.15, 0.2) is 68.5 Å². The molecule has 0 unspecified atom stereocenters. The summed E-state index contributed by atoms with van der Waals surface area (Å²) < 4.78 is 2.01. The Morgan fingerprint density at radius 3 is 2.40 bits per heavy atom. The maximum atomic E-state index is 4.64. The lowest BCUT2D eigenvalue weighted by molar-refractivity contribution is 1.05. The van der Waals surface area contributed by atoms with Crippen LogP contribution < -0.4 is 0 Å². The molecule has 1 aliphatic carbocycles. The minimum absolute atomic E-state index is 0.798. The molecule has 2 heteroatoms. The normalized spacial score (nSPS) is 13.2. The maximum absolute atomic E-state index is 4.64. The molecule has 1 aliphatic rings. The van der Waals surface area contributed by atoms with Gasteiger partial charge in [-0.05, 0) is 12.2 Å². The maximum Gasteiger partial charge on any atom is 0.145 e. The van der Waals surface area contributed by atoms with Gasteiger partial charge in [0.25, 0.3) is 0 Å². The van der Waals surface area contributed by atoms with Crippen LogP contribution in [0.5, 0.6) is 0 Å². The van der Waals surface area contributed by atoms with Crippen molar-refractivity contribution in [2.75, 3.05) is 0 Å². The Bertz CT molecular complexity index is 715. The molecule has 0 bridgehead atoms. The number of fused-ring (bicyclic) bond motifs is 1. The Kier molecular flexibility index (Phi) is 3.99. The summed E-state index contributed by atoms with van der Waals surface area (Å²) in [5.74, 6) is 0.798. The van der Waals surface area contributed by atoms with Gasteiger partial charge in [-0.2, -0.15) is 0 Å². The lowest BCUT2D eigenvalue weighted by Gasteiger charge is -2.11.